The standard InChI is InChI=1S/C14H11Br2N3O2/c15-9-5-8(13(20)11(16)6-9)7-18-19-14(21)10-3-1-2-4-12(10)17/h1-7,20H,17H2,(H,19,21)/b18-7+. The molecule has 0 aliphatic carbocycles. The lowest BCUT2D eigenvalue weighted by Gasteiger charge is -2.04. The van der Waals surface area contributed by atoms with E-state index in [1.165, 1.54) is 6.21 Å². The van der Waals surface area contributed by atoms with Crippen LogP contribution in [0.3, 0.4) is 0 Å². The third kappa shape index (κ3) is 3.83. The van der Waals surface area contributed by atoms with Crippen LogP contribution in [0.1, 0.15) is 15.9 Å². The zero-order valence-corrected chi connectivity index (χ0v) is 13.8. The van der Waals surface area contributed by atoms with Crippen molar-refractivity contribution in [2.24, 2.45) is 5.10 Å². The Balaban J connectivity index is 2.13. The van der Waals surface area contributed by atoms with Crippen LogP contribution in [0.2, 0.25) is 0 Å². The summed E-state index contributed by atoms with van der Waals surface area (Å²) in [4.78, 5) is 11.9. The van der Waals surface area contributed by atoms with Gasteiger partial charge in [-0.05, 0) is 40.2 Å². The van der Waals surface area contributed by atoms with Crippen molar-refractivity contribution in [1.29, 1.82) is 0 Å². The number of rotatable bonds is 3. The molecule has 0 bridgehead atoms. The molecule has 1 amide bonds. The van der Waals surface area contributed by atoms with Gasteiger partial charge in [-0.15, -0.1) is 0 Å². The number of halogens is 2. The summed E-state index contributed by atoms with van der Waals surface area (Å²) in [5.74, 6) is -0.381. The summed E-state index contributed by atoms with van der Waals surface area (Å²) in [6, 6.07) is 10.1. The molecule has 2 aromatic rings. The SMILES string of the molecule is Nc1ccccc1C(=O)N/N=C/c1cc(Br)cc(Br)c1O. The van der Waals surface area contributed by atoms with Crippen LogP contribution in [0.5, 0.6) is 5.75 Å². The zero-order chi connectivity index (χ0) is 15.4. The highest BCUT2D eigenvalue weighted by Crippen LogP contribution is 2.30. The number of anilines is 1. The van der Waals surface area contributed by atoms with Crippen LogP contribution in [-0.4, -0.2) is 17.2 Å². The van der Waals surface area contributed by atoms with E-state index in [0.717, 1.165) is 4.47 Å². The minimum Gasteiger partial charge on any atom is -0.506 e. The van der Waals surface area contributed by atoms with Gasteiger partial charge in [0.05, 0.1) is 16.3 Å². The zero-order valence-electron chi connectivity index (χ0n) is 10.7. The minimum atomic E-state index is -0.419. The number of nitrogens with two attached hydrogens (primary N) is 1. The number of benzene rings is 2. The predicted octanol–water partition coefficient (Wildman–Crippen LogP) is 3.26. The molecule has 0 saturated heterocycles. The van der Waals surface area contributed by atoms with E-state index >= 15 is 0 Å². The molecular formula is C14H11Br2N3O2. The monoisotopic (exact) mass is 411 g/mol. The minimum absolute atomic E-state index is 0.0374. The number of phenols is 1. The Morgan fingerprint density at radius 3 is 2.71 bits per heavy atom. The van der Waals surface area contributed by atoms with Crippen LogP contribution in [0.25, 0.3) is 0 Å². The number of phenolic OH excluding ortho intramolecular Hbond substituents is 1. The highest BCUT2D eigenvalue weighted by molar-refractivity contribution is 9.11. The van der Waals surface area contributed by atoms with Crippen LogP contribution in [0, 0.1) is 0 Å². The molecule has 0 heterocycles. The van der Waals surface area contributed by atoms with Crippen LogP contribution in [-0.2, 0) is 0 Å². The Kier molecular flexibility index (Phi) is 4.98. The topological polar surface area (TPSA) is 87.7 Å². The van der Waals surface area contributed by atoms with Gasteiger partial charge in [-0.2, -0.15) is 5.10 Å². The van der Waals surface area contributed by atoms with E-state index in [-0.39, 0.29) is 5.75 Å². The van der Waals surface area contributed by atoms with E-state index in [4.69, 9.17) is 5.73 Å². The summed E-state index contributed by atoms with van der Waals surface area (Å²) in [6.45, 7) is 0. The number of hydrogen-bond donors (Lipinski definition) is 3. The molecule has 0 spiro atoms. The molecule has 0 atom stereocenters. The quantitative estimate of drug-likeness (QED) is 0.410. The van der Waals surface area contributed by atoms with Crippen molar-refractivity contribution in [3.63, 3.8) is 0 Å². The number of para-hydroxylation sites is 1. The summed E-state index contributed by atoms with van der Waals surface area (Å²) in [7, 11) is 0. The number of amides is 1. The van der Waals surface area contributed by atoms with Crippen molar-refractivity contribution in [3.05, 3.63) is 56.5 Å². The normalized spacial score (nSPS) is 10.8. The van der Waals surface area contributed by atoms with Crippen LogP contribution >= 0.6 is 31.9 Å². The van der Waals surface area contributed by atoms with Gasteiger partial charge in [0, 0.05) is 15.7 Å². The Bertz CT molecular complexity index is 717. The van der Waals surface area contributed by atoms with Crippen molar-refractivity contribution in [3.8, 4) is 5.75 Å². The van der Waals surface area contributed by atoms with E-state index in [1.807, 2.05) is 0 Å². The van der Waals surface area contributed by atoms with Crippen molar-refractivity contribution in [1.82, 2.24) is 5.43 Å². The van der Waals surface area contributed by atoms with Crippen molar-refractivity contribution < 1.29 is 9.90 Å². The average molecular weight is 413 g/mol. The second-order valence-corrected chi connectivity index (χ2v) is 5.88. The maximum atomic E-state index is 11.9. The van der Waals surface area contributed by atoms with E-state index in [0.29, 0.717) is 21.3 Å². The third-order valence-electron chi connectivity index (χ3n) is 2.63. The lowest BCUT2D eigenvalue weighted by Crippen LogP contribution is -2.19. The first-order valence-electron chi connectivity index (χ1n) is 5.85. The van der Waals surface area contributed by atoms with Gasteiger partial charge in [-0.1, -0.05) is 28.1 Å². The molecule has 5 nitrogen and oxygen atoms in total. The van der Waals surface area contributed by atoms with Gasteiger partial charge in [0.25, 0.3) is 5.91 Å². The number of nitrogen functional groups attached to an aromatic ring is 1. The maximum absolute atomic E-state index is 11.9. The molecule has 0 aromatic heterocycles. The second-order valence-electron chi connectivity index (χ2n) is 4.11. The number of carbonyl (C=O) groups excluding carboxylic acids is 1. The first kappa shape index (κ1) is 15.5. The fourth-order valence-electron chi connectivity index (χ4n) is 1.61. The fourth-order valence-corrected chi connectivity index (χ4v) is 2.87. The number of hydrazone groups is 1. The van der Waals surface area contributed by atoms with Gasteiger partial charge in [0.2, 0.25) is 0 Å². The first-order valence-corrected chi connectivity index (χ1v) is 7.43. The summed E-state index contributed by atoms with van der Waals surface area (Å²) in [5, 5.41) is 13.7. The Morgan fingerprint density at radius 1 is 1.29 bits per heavy atom. The molecule has 4 N–H and O–H groups in total. The number of carbonyl (C=O) groups is 1. The Labute approximate surface area is 138 Å². The fraction of sp³-hybridized carbons (Fsp3) is 0. The molecule has 0 aliphatic rings. The molecule has 108 valence electrons. The lowest BCUT2D eigenvalue weighted by molar-refractivity contribution is 0.0956. The van der Waals surface area contributed by atoms with Crippen molar-refractivity contribution in [2.75, 3.05) is 5.73 Å². The van der Waals surface area contributed by atoms with Crippen LogP contribution in [0.4, 0.5) is 5.69 Å². The molecule has 0 aliphatic heterocycles. The van der Waals surface area contributed by atoms with Gasteiger partial charge >= 0.3 is 0 Å². The van der Waals surface area contributed by atoms with E-state index in [9.17, 15) is 9.90 Å². The maximum Gasteiger partial charge on any atom is 0.273 e. The van der Waals surface area contributed by atoms with E-state index in [2.05, 4.69) is 42.4 Å². The van der Waals surface area contributed by atoms with Gasteiger partial charge in [0.1, 0.15) is 5.75 Å². The van der Waals surface area contributed by atoms with Gasteiger partial charge in [-0.25, -0.2) is 5.43 Å². The molecule has 0 unspecified atom stereocenters. The molecule has 21 heavy (non-hydrogen) atoms. The highest BCUT2D eigenvalue weighted by atomic mass is 79.9. The van der Waals surface area contributed by atoms with Gasteiger partial charge in [0.15, 0.2) is 0 Å². The third-order valence-corrected chi connectivity index (χ3v) is 3.70. The van der Waals surface area contributed by atoms with Crippen LogP contribution < -0.4 is 11.2 Å². The molecule has 2 aromatic carbocycles. The first-order chi connectivity index (χ1) is 9.99. The largest absolute Gasteiger partial charge is 0.506 e. The van der Waals surface area contributed by atoms with Crippen molar-refractivity contribution in [2.45, 2.75) is 0 Å². The molecule has 0 saturated carbocycles. The summed E-state index contributed by atoms with van der Waals surface area (Å²) in [5.41, 5.74) is 9.24. The average Bonchev–Trinajstić information content (AvgIpc) is 2.44. The summed E-state index contributed by atoms with van der Waals surface area (Å²) in [6.07, 6.45) is 1.35. The van der Waals surface area contributed by atoms with E-state index in [1.54, 1.807) is 36.4 Å². The van der Waals surface area contributed by atoms with Crippen molar-refractivity contribution >= 4 is 49.7 Å². The second kappa shape index (κ2) is 6.73. The number of nitrogens with zero attached hydrogens (tertiary/aromatic N) is 1. The predicted molar refractivity (Wildman–Crippen MR) is 89.4 cm³/mol. The van der Waals surface area contributed by atoms with Gasteiger partial charge in [-0.3, -0.25) is 4.79 Å². The molecule has 7 heteroatoms. The van der Waals surface area contributed by atoms with Crippen LogP contribution in [0.15, 0.2) is 50.4 Å². The summed E-state index contributed by atoms with van der Waals surface area (Å²) >= 11 is 6.53. The molecule has 0 fully saturated rings. The molecule has 2 rings (SSSR count). The number of nitrogens with one attached hydrogen (secondary N) is 1. The summed E-state index contributed by atoms with van der Waals surface area (Å²) < 4.78 is 1.30. The van der Waals surface area contributed by atoms with E-state index < -0.39 is 5.91 Å². The van der Waals surface area contributed by atoms with Gasteiger partial charge < -0.3 is 10.8 Å². The smallest absolute Gasteiger partial charge is 0.273 e. The highest BCUT2D eigenvalue weighted by Gasteiger charge is 2.08. The Morgan fingerprint density at radius 2 is 2.00 bits per heavy atom. The number of hydrogen-bond acceptors (Lipinski definition) is 4. The Hall–Kier alpha value is -1.86. The number of aromatic hydroxyl groups is 1. The lowest BCUT2D eigenvalue weighted by atomic mass is 10.2. The molecule has 0 radical (unpaired) electrons. The molecular weight excluding hydrogens is 402 g/mol.